The number of aliphatic hydroxyl groups excluding tert-OH is 1. The number of nitrogens with zero attached hydrogens (tertiary/aromatic N) is 2. The van der Waals surface area contributed by atoms with Gasteiger partial charge < -0.3 is 20.1 Å². The molecule has 0 aromatic carbocycles. The summed E-state index contributed by atoms with van der Waals surface area (Å²) in [6.45, 7) is 0.798. The first kappa shape index (κ1) is 13.7. The Bertz CT molecular complexity index is 710. The number of aromatic nitrogens is 3. The molecule has 1 amide bonds. The van der Waals surface area contributed by atoms with E-state index in [1.165, 1.54) is 0 Å². The largest absolute Gasteiger partial charge is 0.389 e. The molecule has 3 N–H and O–H groups in total. The van der Waals surface area contributed by atoms with Gasteiger partial charge in [-0.3, -0.25) is 4.79 Å². The number of amides is 1. The average Bonchev–Trinajstić information content (AvgIpc) is 3.29. The number of carbonyl (C=O) groups is 1. The zero-order chi connectivity index (χ0) is 15.1. The van der Waals surface area contributed by atoms with Gasteiger partial charge in [0.25, 0.3) is 5.91 Å². The van der Waals surface area contributed by atoms with Crippen LogP contribution in [0.25, 0.3) is 11.2 Å². The Hall–Kier alpha value is -1.99. The number of carbonyl (C=O) groups excluding carboxylic acids is 1. The number of ether oxygens (including phenoxy) is 1. The van der Waals surface area contributed by atoms with Crippen LogP contribution in [0.4, 0.5) is 0 Å². The van der Waals surface area contributed by atoms with Crippen molar-refractivity contribution in [3.8, 4) is 0 Å². The van der Waals surface area contributed by atoms with E-state index in [1.54, 1.807) is 12.4 Å². The molecule has 22 heavy (non-hydrogen) atoms. The smallest absolute Gasteiger partial charge is 0.255 e. The second kappa shape index (κ2) is 5.33. The van der Waals surface area contributed by atoms with Gasteiger partial charge in [-0.05, 0) is 19.3 Å². The lowest BCUT2D eigenvalue weighted by Gasteiger charge is -2.28. The molecule has 4 rings (SSSR count). The fourth-order valence-electron chi connectivity index (χ4n) is 2.79. The number of fused-ring (bicyclic) bond motifs is 1. The summed E-state index contributed by atoms with van der Waals surface area (Å²) < 4.78 is 5.17. The SMILES string of the molecule is O=C(N[C@H]1CCOC[C@@H]1O)c1c[nH]c2ncc(C3CC3)nc12. The number of nitrogens with one attached hydrogen (secondary N) is 2. The van der Waals surface area contributed by atoms with E-state index in [0.717, 1.165) is 18.5 Å². The second-order valence-corrected chi connectivity index (χ2v) is 5.98. The number of rotatable bonds is 3. The third-order valence-corrected chi connectivity index (χ3v) is 4.28. The molecule has 1 aliphatic heterocycles. The molecule has 116 valence electrons. The molecule has 1 saturated carbocycles. The summed E-state index contributed by atoms with van der Waals surface area (Å²) in [6, 6.07) is -0.286. The van der Waals surface area contributed by atoms with E-state index in [-0.39, 0.29) is 18.6 Å². The highest BCUT2D eigenvalue weighted by molar-refractivity contribution is 6.04. The van der Waals surface area contributed by atoms with Crippen molar-refractivity contribution in [1.82, 2.24) is 20.3 Å². The summed E-state index contributed by atoms with van der Waals surface area (Å²) in [5.74, 6) is 0.250. The van der Waals surface area contributed by atoms with Gasteiger partial charge in [-0.25, -0.2) is 9.97 Å². The normalized spacial score (nSPS) is 25.3. The number of aliphatic hydroxyl groups is 1. The van der Waals surface area contributed by atoms with Crippen molar-refractivity contribution >= 4 is 17.1 Å². The quantitative estimate of drug-likeness (QED) is 0.775. The topological polar surface area (TPSA) is 100 Å². The highest BCUT2D eigenvalue weighted by atomic mass is 16.5. The average molecular weight is 302 g/mol. The van der Waals surface area contributed by atoms with E-state index in [4.69, 9.17) is 4.74 Å². The summed E-state index contributed by atoms with van der Waals surface area (Å²) >= 11 is 0. The van der Waals surface area contributed by atoms with Crippen LogP contribution in [-0.2, 0) is 4.74 Å². The monoisotopic (exact) mass is 302 g/mol. The molecule has 2 fully saturated rings. The van der Waals surface area contributed by atoms with Gasteiger partial charge in [-0.1, -0.05) is 0 Å². The van der Waals surface area contributed by atoms with Crippen molar-refractivity contribution in [2.45, 2.75) is 37.3 Å². The van der Waals surface area contributed by atoms with Gasteiger partial charge in [-0.15, -0.1) is 0 Å². The Morgan fingerprint density at radius 3 is 3.05 bits per heavy atom. The van der Waals surface area contributed by atoms with Crippen LogP contribution in [0.15, 0.2) is 12.4 Å². The van der Waals surface area contributed by atoms with E-state index >= 15 is 0 Å². The molecule has 3 heterocycles. The number of aromatic amines is 1. The molecule has 0 spiro atoms. The molecule has 7 nitrogen and oxygen atoms in total. The molecular formula is C15H18N4O3. The van der Waals surface area contributed by atoms with E-state index in [1.807, 2.05) is 0 Å². The van der Waals surface area contributed by atoms with E-state index in [9.17, 15) is 9.90 Å². The molecule has 2 aromatic heterocycles. The zero-order valence-electron chi connectivity index (χ0n) is 12.1. The lowest BCUT2D eigenvalue weighted by Crippen LogP contribution is -2.48. The molecule has 0 unspecified atom stereocenters. The Balaban J connectivity index is 1.59. The maximum atomic E-state index is 12.5. The lowest BCUT2D eigenvalue weighted by molar-refractivity contribution is -0.0260. The van der Waals surface area contributed by atoms with E-state index in [2.05, 4.69) is 20.3 Å². The molecule has 1 aliphatic carbocycles. The molecule has 2 aromatic rings. The van der Waals surface area contributed by atoms with Gasteiger partial charge in [0.05, 0.1) is 36.2 Å². The summed E-state index contributed by atoms with van der Waals surface area (Å²) in [7, 11) is 0. The second-order valence-electron chi connectivity index (χ2n) is 5.98. The zero-order valence-corrected chi connectivity index (χ0v) is 12.1. The van der Waals surface area contributed by atoms with Crippen molar-refractivity contribution in [2.75, 3.05) is 13.2 Å². The van der Waals surface area contributed by atoms with Crippen molar-refractivity contribution in [3.05, 3.63) is 23.7 Å². The Morgan fingerprint density at radius 1 is 1.41 bits per heavy atom. The summed E-state index contributed by atoms with van der Waals surface area (Å²) in [4.78, 5) is 24.4. The van der Waals surface area contributed by atoms with Crippen LogP contribution >= 0.6 is 0 Å². The van der Waals surface area contributed by atoms with Gasteiger partial charge >= 0.3 is 0 Å². The first-order chi connectivity index (χ1) is 10.7. The fourth-order valence-corrected chi connectivity index (χ4v) is 2.79. The van der Waals surface area contributed by atoms with Crippen LogP contribution in [0, 0.1) is 0 Å². The van der Waals surface area contributed by atoms with Gasteiger partial charge in [0, 0.05) is 18.7 Å². The fraction of sp³-hybridized carbons (Fsp3) is 0.533. The third-order valence-electron chi connectivity index (χ3n) is 4.28. The Kier molecular flexibility index (Phi) is 3.31. The van der Waals surface area contributed by atoms with E-state index in [0.29, 0.717) is 35.7 Å². The maximum absolute atomic E-state index is 12.5. The van der Waals surface area contributed by atoms with Gasteiger partial charge in [0.15, 0.2) is 5.65 Å². The maximum Gasteiger partial charge on any atom is 0.255 e. The van der Waals surface area contributed by atoms with Crippen LogP contribution in [0.2, 0.25) is 0 Å². The first-order valence-corrected chi connectivity index (χ1v) is 7.63. The Labute approximate surface area is 127 Å². The van der Waals surface area contributed by atoms with Gasteiger partial charge in [0.2, 0.25) is 0 Å². The molecule has 1 saturated heterocycles. The van der Waals surface area contributed by atoms with Crippen LogP contribution in [0.1, 0.15) is 41.2 Å². The predicted molar refractivity (Wildman–Crippen MR) is 78.6 cm³/mol. The summed E-state index contributed by atoms with van der Waals surface area (Å²) in [5, 5.41) is 12.7. The van der Waals surface area contributed by atoms with Crippen molar-refractivity contribution in [2.24, 2.45) is 0 Å². The predicted octanol–water partition coefficient (Wildman–Crippen LogP) is 0.715. The van der Waals surface area contributed by atoms with Crippen LogP contribution < -0.4 is 5.32 Å². The molecule has 2 aliphatic rings. The third kappa shape index (κ3) is 2.46. The first-order valence-electron chi connectivity index (χ1n) is 7.63. The van der Waals surface area contributed by atoms with Gasteiger partial charge in [0.1, 0.15) is 5.52 Å². The lowest BCUT2D eigenvalue weighted by atomic mass is 10.1. The number of H-pyrrole nitrogens is 1. The van der Waals surface area contributed by atoms with Gasteiger partial charge in [-0.2, -0.15) is 0 Å². The molecule has 2 atom stereocenters. The molecule has 0 bridgehead atoms. The molecule has 0 radical (unpaired) electrons. The van der Waals surface area contributed by atoms with Crippen LogP contribution in [0.3, 0.4) is 0 Å². The van der Waals surface area contributed by atoms with Crippen molar-refractivity contribution in [3.63, 3.8) is 0 Å². The highest BCUT2D eigenvalue weighted by Gasteiger charge is 2.28. The standard InChI is InChI=1S/C15H18N4O3/c20-12-7-22-4-3-10(12)19-15(21)9-5-16-14-13(9)18-11(6-17-14)8-1-2-8/h5-6,8,10,12,20H,1-4,7H2,(H,16,17)(H,19,21)/t10-,12-/m0/s1. The van der Waals surface area contributed by atoms with Crippen molar-refractivity contribution < 1.29 is 14.6 Å². The van der Waals surface area contributed by atoms with Crippen LogP contribution in [0.5, 0.6) is 0 Å². The van der Waals surface area contributed by atoms with Crippen LogP contribution in [-0.4, -0.2) is 51.3 Å². The minimum atomic E-state index is -0.670. The minimum absolute atomic E-state index is 0.237. The van der Waals surface area contributed by atoms with Crippen molar-refractivity contribution in [1.29, 1.82) is 0 Å². The Morgan fingerprint density at radius 2 is 2.27 bits per heavy atom. The summed E-state index contributed by atoms with van der Waals surface area (Å²) in [6.07, 6.45) is 5.62. The molecular weight excluding hydrogens is 284 g/mol. The highest BCUT2D eigenvalue weighted by Crippen LogP contribution is 2.39. The number of hydrogen-bond donors (Lipinski definition) is 3. The summed E-state index contributed by atoms with van der Waals surface area (Å²) in [5.41, 5.74) is 2.64. The van der Waals surface area contributed by atoms with E-state index < -0.39 is 6.10 Å². The minimum Gasteiger partial charge on any atom is -0.389 e. The molecule has 7 heteroatoms. The number of hydrogen-bond acceptors (Lipinski definition) is 5.